The first-order valence-corrected chi connectivity index (χ1v) is 4.46. The van der Waals surface area contributed by atoms with E-state index in [1.807, 2.05) is 0 Å². The molecule has 1 unspecified atom stereocenters. The molecule has 0 aromatic rings. The van der Waals surface area contributed by atoms with E-state index in [9.17, 15) is 9.59 Å². The predicted molar refractivity (Wildman–Crippen MR) is 52.9 cm³/mol. The number of nitrogens with zero attached hydrogens (tertiary/aromatic N) is 1. The molecule has 0 heterocycles. The van der Waals surface area contributed by atoms with Gasteiger partial charge in [-0.05, 0) is 20.8 Å². The van der Waals surface area contributed by atoms with Crippen LogP contribution in [0.3, 0.4) is 0 Å². The number of carbonyl (C=O) groups excluding carboxylic acids is 2. The topological polar surface area (TPSA) is 57.0 Å². The van der Waals surface area contributed by atoms with E-state index in [4.69, 9.17) is 11.3 Å². The minimum absolute atomic E-state index is 0.270. The monoisotopic (exact) mass is 213 g/mol. The summed E-state index contributed by atoms with van der Waals surface area (Å²) in [5, 5.41) is 0. The second-order valence-electron chi connectivity index (χ2n) is 3.96. The van der Waals surface area contributed by atoms with Crippen molar-refractivity contribution in [1.82, 2.24) is 0 Å². The first-order valence-electron chi connectivity index (χ1n) is 4.46. The van der Waals surface area contributed by atoms with Gasteiger partial charge in [0.25, 0.3) is 0 Å². The second kappa shape index (κ2) is 5.35. The van der Waals surface area contributed by atoms with Crippen LogP contribution in [-0.4, -0.2) is 30.7 Å². The van der Waals surface area contributed by atoms with Gasteiger partial charge in [0.1, 0.15) is 12.0 Å². The molecule has 0 aromatic carbocycles. The number of hydrogen-bond acceptors (Lipinski definition) is 4. The first kappa shape index (κ1) is 13.4. The van der Waals surface area contributed by atoms with Crippen molar-refractivity contribution >= 4 is 11.9 Å². The van der Waals surface area contributed by atoms with Gasteiger partial charge in [0.15, 0.2) is 0 Å². The Bertz CT molecular complexity index is 285. The third-order valence-corrected chi connectivity index (χ3v) is 1.41. The maximum atomic E-state index is 11.3. The van der Waals surface area contributed by atoms with Crippen LogP contribution in [0.2, 0.25) is 0 Å². The Labute approximate surface area is 89.2 Å². The third kappa shape index (κ3) is 5.68. The first-order chi connectivity index (χ1) is 6.80. The summed E-state index contributed by atoms with van der Waals surface area (Å²) in [4.78, 5) is 25.3. The maximum Gasteiger partial charge on any atom is 0.390 e. The van der Waals surface area contributed by atoms with Crippen LogP contribution in [0.15, 0.2) is 0 Å². The summed E-state index contributed by atoms with van der Waals surface area (Å²) in [5.74, 6) is -1.29. The summed E-state index contributed by atoms with van der Waals surface area (Å²) >= 11 is 0. The molecule has 0 spiro atoms. The van der Waals surface area contributed by atoms with Crippen molar-refractivity contribution in [3.63, 3.8) is 0 Å². The van der Waals surface area contributed by atoms with Crippen LogP contribution in [0.4, 0.5) is 0 Å². The molecule has 0 amide bonds. The number of rotatable bonds is 3. The summed E-state index contributed by atoms with van der Waals surface area (Å²) < 4.78 is 9.35. The van der Waals surface area contributed by atoms with Gasteiger partial charge in [-0.3, -0.25) is 4.79 Å². The van der Waals surface area contributed by atoms with Gasteiger partial charge in [-0.2, -0.15) is 0 Å². The minimum atomic E-state index is -1.11. The minimum Gasteiger partial charge on any atom is -0.463 e. The standard InChI is InChI=1S/C10H15NO4/c1-10(2,3)15-8(12)6-7(11-4)9(13)14-5/h7H,6H2,1-3,5H3. The number of methoxy groups -OCH3 is 1. The van der Waals surface area contributed by atoms with Gasteiger partial charge < -0.3 is 14.3 Å². The molecular formula is C10H15NO4. The van der Waals surface area contributed by atoms with Gasteiger partial charge >= 0.3 is 18.0 Å². The lowest BCUT2D eigenvalue weighted by atomic mass is 10.2. The second-order valence-corrected chi connectivity index (χ2v) is 3.96. The quantitative estimate of drug-likeness (QED) is 0.521. The van der Waals surface area contributed by atoms with Crippen molar-refractivity contribution in [2.75, 3.05) is 7.11 Å². The van der Waals surface area contributed by atoms with Crippen molar-refractivity contribution in [1.29, 1.82) is 0 Å². The lowest BCUT2D eigenvalue weighted by Crippen LogP contribution is -2.29. The molecule has 0 radical (unpaired) electrons. The highest BCUT2D eigenvalue weighted by atomic mass is 16.6. The summed E-state index contributed by atoms with van der Waals surface area (Å²) in [7, 11) is 1.18. The van der Waals surface area contributed by atoms with Crippen LogP contribution in [-0.2, 0) is 19.1 Å². The van der Waals surface area contributed by atoms with Gasteiger partial charge in [0, 0.05) is 0 Å². The molecule has 0 aliphatic rings. The molecule has 0 saturated heterocycles. The Kier molecular flexibility index (Phi) is 4.79. The third-order valence-electron chi connectivity index (χ3n) is 1.41. The fraction of sp³-hybridized carbons (Fsp3) is 0.700. The molecule has 0 N–H and O–H groups in total. The Morgan fingerprint density at radius 3 is 2.27 bits per heavy atom. The highest BCUT2D eigenvalue weighted by Gasteiger charge is 2.30. The molecule has 0 fully saturated rings. The Morgan fingerprint density at radius 2 is 1.93 bits per heavy atom. The molecule has 5 heteroatoms. The number of carbonyl (C=O) groups is 2. The van der Waals surface area contributed by atoms with Crippen molar-refractivity contribution in [2.45, 2.75) is 38.8 Å². The summed E-state index contributed by atoms with van der Waals surface area (Å²) in [6.07, 6.45) is -0.270. The maximum absolute atomic E-state index is 11.3. The van der Waals surface area contributed by atoms with E-state index < -0.39 is 23.6 Å². The molecular weight excluding hydrogens is 198 g/mol. The van der Waals surface area contributed by atoms with Gasteiger partial charge in [0.05, 0.1) is 7.11 Å². The fourth-order valence-corrected chi connectivity index (χ4v) is 0.859. The van der Waals surface area contributed by atoms with E-state index in [0.717, 1.165) is 0 Å². The average molecular weight is 213 g/mol. The Morgan fingerprint density at radius 1 is 1.40 bits per heavy atom. The van der Waals surface area contributed by atoms with E-state index in [0.29, 0.717) is 0 Å². The summed E-state index contributed by atoms with van der Waals surface area (Å²) in [6.45, 7) is 11.9. The SMILES string of the molecule is [C-]#[N+]C(CC(=O)OC(C)(C)C)C(=O)OC. The zero-order valence-corrected chi connectivity index (χ0v) is 9.36. The molecule has 0 rings (SSSR count). The molecule has 5 nitrogen and oxygen atoms in total. The van der Waals surface area contributed by atoms with Crippen LogP contribution in [0.1, 0.15) is 27.2 Å². The molecule has 84 valence electrons. The van der Waals surface area contributed by atoms with Gasteiger partial charge in [-0.15, -0.1) is 0 Å². The van der Waals surface area contributed by atoms with Gasteiger partial charge in [-0.1, -0.05) is 0 Å². The van der Waals surface area contributed by atoms with Gasteiger partial charge in [0.2, 0.25) is 0 Å². The van der Waals surface area contributed by atoms with Crippen molar-refractivity contribution in [3.8, 4) is 0 Å². The predicted octanol–water partition coefficient (Wildman–Crippen LogP) is 1.18. The van der Waals surface area contributed by atoms with Crippen molar-refractivity contribution in [3.05, 3.63) is 11.4 Å². The summed E-state index contributed by atoms with van der Waals surface area (Å²) in [6, 6.07) is -1.11. The van der Waals surface area contributed by atoms with Crippen LogP contribution in [0.5, 0.6) is 0 Å². The summed E-state index contributed by atoms with van der Waals surface area (Å²) in [5.41, 5.74) is -0.611. The lowest BCUT2D eigenvalue weighted by Gasteiger charge is -2.19. The van der Waals surface area contributed by atoms with Crippen LogP contribution < -0.4 is 0 Å². The fourth-order valence-electron chi connectivity index (χ4n) is 0.859. The number of esters is 2. The van der Waals surface area contributed by atoms with E-state index in [-0.39, 0.29) is 6.42 Å². The highest BCUT2D eigenvalue weighted by molar-refractivity contribution is 5.84. The molecule has 0 aliphatic heterocycles. The molecule has 0 bridgehead atoms. The Hall–Kier alpha value is -1.57. The zero-order chi connectivity index (χ0) is 12.1. The smallest absolute Gasteiger partial charge is 0.390 e. The molecule has 15 heavy (non-hydrogen) atoms. The van der Waals surface area contributed by atoms with E-state index in [1.165, 1.54) is 7.11 Å². The number of hydrogen-bond donors (Lipinski definition) is 0. The van der Waals surface area contributed by atoms with Crippen molar-refractivity contribution in [2.24, 2.45) is 0 Å². The molecule has 1 atom stereocenters. The largest absolute Gasteiger partial charge is 0.463 e. The molecule has 0 aromatic heterocycles. The van der Waals surface area contributed by atoms with Gasteiger partial charge in [-0.25, -0.2) is 11.4 Å². The van der Waals surface area contributed by atoms with E-state index in [1.54, 1.807) is 20.8 Å². The average Bonchev–Trinajstić information content (AvgIpc) is 2.10. The van der Waals surface area contributed by atoms with Crippen LogP contribution in [0.25, 0.3) is 4.85 Å². The number of ether oxygens (including phenoxy) is 2. The lowest BCUT2D eigenvalue weighted by molar-refractivity contribution is -0.157. The van der Waals surface area contributed by atoms with Crippen LogP contribution >= 0.6 is 0 Å². The highest BCUT2D eigenvalue weighted by Crippen LogP contribution is 2.11. The Balaban J connectivity index is 4.28. The molecule has 0 saturated carbocycles. The van der Waals surface area contributed by atoms with Crippen molar-refractivity contribution < 1.29 is 19.1 Å². The normalized spacial score (nSPS) is 12.5. The molecule has 0 aliphatic carbocycles. The zero-order valence-electron chi connectivity index (χ0n) is 9.36. The van der Waals surface area contributed by atoms with E-state index >= 15 is 0 Å². The van der Waals surface area contributed by atoms with Crippen LogP contribution in [0, 0.1) is 6.57 Å². The van der Waals surface area contributed by atoms with E-state index in [2.05, 4.69) is 9.58 Å².